The van der Waals surface area contributed by atoms with E-state index in [1.54, 1.807) is 6.92 Å². The fourth-order valence-corrected chi connectivity index (χ4v) is 3.96. The minimum absolute atomic E-state index is 0. The van der Waals surface area contributed by atoms with Gasteiger partial charge in [0, 0.05) is 25.1 Å². The maximum absolute atomic E-state index is 12.7. The number of carbonyl (C=O) groups is 1. The van der Waals surface area contributed by atoms with Crippen LogP contribution in [0.4, 0.5) is 17.1 Å². The molecule has 0 aromatic heterocycles. The Balaban J connectivity index is 0.00000420. The number of fused-ring (bicyclic) bond motifs is 1. The van der Waals surface area contributed by atoms with E-state index in [9.17, 15) is 13.2 Å². The van der Waals surface area contributed by atoms with Crippen LogP contribution in [0.3, 0.4) is 0 Å². The van der Waals surface area contributed by atoms with Crippen molar-refractivity contribution < 1.29 is 17.9 Å². The van der Waals surface area contributed by atoms with E-state index in [0.717, 1.165) is 29.8 Å². The third-order valence-corrected chi connectivity index (χ3v) is 5.41. The third-order valence-electron chi connectivity index (χ3n) is 4.92. The van der Waals surface area contributed by atoms with Crippen LogP contribution in [0.1, 0.15) is 44.4 Å². The first-order valence-electron chi connectivity index (χ1n) is 9.47. The van der Waals surface area contributed by atoms with Gasteiger partial charge >= 0.3 is 0 Å². The van der Waals surface area contributed by atoms with Gasteiger partial charge in [-0.1, -0.05) is 20.8 Å². The molecule has 0 saturated carbocycles. The molecule has 4 N–H and O–H groups in total. The van der Waals surface area contributed by atoms with Gasteiger partial charge in [-0.2, -0.15) is 8.42 Å². The summed E-state index contributed by atoms with van der Waals surface area (Å²) in [5, 5.41) is 8.25. The maximum Gasteiger partial charge on any atom is 0.296 e. The number of amides is 1. The lowest BCUT2D eigenvalue weighted by molar-refractivity contribution is -0.123. The minimum Gasteiger partial charge on any atom is -0.380 e. The topological polar surface area (TPSA) is 114 Å². The first-order valence-corrected chi connectivity index (χ1v) is 11.0. The number of halogens is 1. The molecule has 0 spiro atoms. The monoisotopic (exact) mass is 448 g/mol. The average molecular weight is 449 g/mol. The molecule has 1 amide bonds. The van der Waals surface area contributed by atoms with Crippen molar-refractivity contribution in [3.8, 4) is 0 Å². The van der Waals surface area contributed by atoms with Gasteiger partial charge in [0.05, 0.1) is 23.7 Å². The van der Waals surface area contributed by atoms with Crippen LogP contribution in [0.15, 0.2) is 0 Å². The molecule has 1 aromatic carbocycles. The standard InChI is InChI=1S/C19H32N4O4S.ClH/c1-7-27-11-10-23-9-8-14-12(2)15(22-28(20,25)26)13(3)16(17(14)23)21-18(24)19(4,5)6;/h22H,7-11H2,1-6H3,(H,21,24)(H2,20,25,26);1H. The molecule has 0 radical (unpaired) electrons. The highest BCUT2D eigenvalue weighted by Crippen LogP contribution is 2.45. The molecule has 1 heterocycles. The van der Waals surface area contributed by atoms with Crippen molar-refractivity contribution in [2.45, 2.75) is 48.0 Å². The van der Waals surface area contributed by atoms with Gasteiger partial charge in [-0.25, -0.2) is 5.14 Å². The van der Waals surface area contributed by atoms with Crippen LogP contribution in [-0.4, -0.2) is 40.6 Å². The van der Waals surface area contributed by atoms with Crippen LogP contribution in [-0.2, 0) is 26.2 Å². The number of rotatable bonds is 7. The number of nitrogens with two attached hydrogens (primary N) is 1. The van der Waals surface area contributed by atoms with Crippen molar-refractivity contribution in [1.29, 1.82) is 0 Å². The number of nitrogens with one attached hydrogen (secondary N) is 2. The van der Waals surface area contributed by atoms with E-state index in [0.29, 0.717) is 36.7 Å². The summed E-state index contributed by atoms with van der Waals surface area (Å²) in [6, 6.07) is 0. The van der Waals surface area contributed by atoms with E-state index in [1.165, 1.54) is 0 Å². The average Bonchev–Trinajstić information content (AvgIpc) is 2.97. The highest BCUT2D eigenvalue weighted by Gasteiger charge is 2.31. The lowest BCUT2D eigenvalue weighted by Crippen LogP contribution is -2.31. The molecule has 1 aliphatic rings. The molecule has 8 nitrogen and oxygen atoms in total. The molecule has 1 aromatic rings. The quantitative estimate of drug-likeness (QED) is 0.555. The van der Waals surface area contributed by atoms with Gasteiger partial charge in [-0.15, -0.1) is 12.4 Å². The number of benzene rings is 1. The fraction of sp³-hybridized carbons (Fsp3) is 0.632. The molecular weight excluding hydrogens is 416 g/mol. The van der Waals surface area contributed by atoms with Crippen LogP contribution in [0.25, 0.3) is 0 Å². The molecule has 0 unspecified atom stereocenters. The molecule has 1 aliphatic heterocycles. The van der Waals surface area contributed by atoms with Gasteiger partial charge in [-0.05, 0) is 43.9 Å². The Morgan fingerprint density at radius 1 is 1.21 bits per heavy atom. The summed E-state index contributed by atoms with van der Waals surface area (Å²) in [5.74, 6) is -0.139. The van der Waals surface area contributed by atoms with Gasteiger partial charge in [0.1, 0.15) is 0 Å². The largest absolute Gasteiger partial charge is 0.380 e. The normalized spacial score (nSPS) is 13.7. The Morgan fingerprint density at radius 3 is 2.34 bits per heavy atom. The summed E-state index contributed by atoms with van der Waals surface area (Å²) in [6.07, 6.45) is 0.755. The minimum atomic E-state index is -3.94. The van der Waals surface area contributed by atoms with Crippen LogP contribution < -0.4 is 20.1 Å². The molecule has 10 heteroatoms. The lowest BCUT2D eigenvalue weighted by Gasteiger charge is -2.28. The van der Waals surface area contributed by atoms with E-state index < -0.39 is 15.6 Å². The summed E-state index contributed by atoms with van der Waals surface area (Å²) in [6.45, 7) is 13.8. The Hall–Kier alpha value is -1.55. The molecule has 29 heavy (non-hydrogen) atoms. The number of hydrogen-bond acceptors (Lipinski definition) is 5. The van der Waals surface area contributed by atoms with Gasteiger partial charge in [0.25, 0.3) is 10.2 Å². The van der Waals surface area contributed by atoms with Crippen molar-refractivity contribution in [3.05, 3.63) is 16.7 Å². The Kier molecular flexibility index (Phi) is 8.36. The van der Waals surface area contributed by atoms with Crippen molar-refractivity contribution >= 4 is 45.6 Å². The summed E-state index contributed by atoms with van der Waals surface area (Å²) < 4.78 is 31.3. The second-order valence-corrected chi connectivity index (χ2v) is 9.41. The number of hydrogen-bond donors (Lipinski definition) is 3. The zero-order valence-corrected chi connectivity index (χ0v) is 19.6. The van der Waals surface area contributed by atoms with Gasteiger partial charge in [0.15, 0.2) is 0 Å². The Labute approximate surface area is 180 Å². The lowest BCUT2D eigenvalue weighted by atomic mass is 9.94. The van der Waals surface area contributed by atoms with Crippen LogP contribution >= 0.6 is 12.4 Å². The highest BCUT2D eigenvalue weighted by molar-refractivity contribution is 7.90. The van der Waals surface area contributed by atoms with Crippen LogP contribution in [0, 0.1) is 19.3 Å². The first kappa shape index (κ1) is 25.5. The number of carbonyl (C=O) groups excluding carboxylic acids is 1. The van der Waals surface area contributed by atoms with Crippen LogP contribution in [0.2, 0.25) is 0 Å². The Morgan fingerprint density at radius 2 is 1.83 bits per heavy atom. The molecular formula is C19H33ClN4O4S. The highest BCUT2D eigenvalue weighted by atomic mass is 35.5. The number of ether oxygens (including phenoxy) is 1. The van der Waals surface area contributed by atoms with E-state index >= 15 is 0 Å². The smallest absolute Gasteiger partial charge is 0.296 e. The molecule has 166 valence electrons. The molecule has 2 rings (SSSR count). The molecule has 0 saturated heterocycles. The zero-order chi connectivity index (χ0) is 21.3. The molecule has 0 fully saturated rings. The van der Waals surface area contributed by atoms with Gasteiger partial charge in [-0.3, -0.25) is 9.52 Å². The second kappa shape index (κ2) is 9.51. The molecule has 0 bridgehead atoms. The SMILES string of the molecule is CCOCCN1CCc2c(C)c(NS(N)(=O)=O)c(C)c(NC(=O)C(C)(C)C)c21.Cl. The summed E-state index contributed by atoms with van der Waals surface area (Å²) in [7, 11) is -3.94. The van der Waals surface area contributed by atoms with Crippen molar-refractivity contribution in [1.82, 2.24) is 0 Å². The van der Waals surface area contributed by atoms with E-state index in [4.69, 9.17) is 9.88 Å². The van der Waals surface area contributed by atoms with Crippen molar-refractivity contribution in [3.63, 3.8) is 0 Å². The van der Waals surface area contributed by atoms with E-state index in [1.807, 2.05) is 34.6 Å². The van der Waals surface area contributed by atoms with Gasteiger partial charge in [0.2, 0.25) is 5.91 Å². The zero-order valence-electron chi connectivity index (χ0n) is 18.0. The Bertz CT molecular complexity index is 866. The number of anilines is 3. The van der Waals surface area contributed by atoms with Crippen LogP contribution in [0.5, 0.6) is 0 Å². The van der Waals surface area contributed by atoms with E-state index in [2.05, 4.69) is 14.9 Å². The molecule has 0 aliphatic carbocycles. The first-order chi connectivity index (χ1) is 12.9. The van der Waals surface area contributed by atoms with E-state index in [-0.39, 0.29) is 18.3 Å². The summed E-state index contributed by atoms with van der Waals surface area (Å²) in [5.41, 5.74) is 3.88. The number of nitrogens with zero attached hydrogens (tertiary/aromatic N) is 1. The fourth-order valence-electron chi connectivity index (χ4n) is 3.37. The predicted octanol–water partition coefficient (Wildman–Crippen LogP) is 2.72. The second-order valence-electron chi connectivity index (χ2n) is 8.11. The maximum atomic E-state index is 12.7. The summed E-state index contributed by atoms with van der Waals surface area (Å²) >= 11 is 0. The third kappa shape index (κ3) is 5.97. The molecule has 0 atom stereocenters. The van der Waals surface area contributed by atoms with Gasteiger partial charge < -0.3 is 15.0 Å². The predicted molar refractivity (Wildman–Crippen MR) is 120 cm³/mol. The summed E-state index contributed by atoms with van der Waals surface area (Å²) in [4.78, 5) is 14.9. The van der Waals surface area contributed by atoms with Crippen molar-refractivity contribution in [2.75, 3.05) is 41.2 Å². The van der Waals surface area contributed by atoms with Crippen molar-refractivity contribution in [2.24, 2.45) is 10.6 Å².